The van der Waals surface area contributed by atoms with E-state index in [9.17, 15) is 4.79 Å². The van der Waals surface area contributed by atoms with Crippen LogP contribution in [0.1, 0.15) is 40.6 Å². The lowest BCUT2D eigenvalue weighted by atomic mass is 10.2. The Morgan fingerprint density at radius 2 is 2.33 bits per heavy atom. The summed E-state index contributed by atoms with van der Waals surface area (Å²) in [5.74, 6) is 1.05. The lowest BCUT2D eigenvalue weighted by molar-refractivity contribution is 0.0942. The van der Waals surface area contributed by atoms with Gasteiger partial charge in [0.05, 0.1) is 11.7 Å². The molecule has 1 aliphatic carbocycles. The Morgan fingerprint density at radius 1 is 1.43 bits per heavy atom. The maximum atomic E-state index is 12.1. The van der Waals surface area contributed by atoms with E-state index in [2.05, 4.69) is 15.6 Å². The fourth-order valence-electron chi connectivity index (χ4n) is 2.35. The molecule has 0 unspecified atom stereocenters. The maximum Gasteiger partial charge on any atom is 0.273 e. The first-order valence-corrected chi connectivity index (χ1v) is 6.97. The molecule has 106 valence electrons. The Labute approximate surface area is 120 Å². The Balaban J connectivity index is 1.46. The van der Waals surface area contributed by atoms with E-state index in [-0.39, 0.29) is 5.91 Å². The molecule has 21 heavy (non-hydrogen) atoms. The molecule has 1 aliphatic rings. The molecular weight excluding hydrogens is 268 g/mol. The van der Waals surface area contributed by atoms with Crippen LogP contribution in [-0.4, -0.2) is 20.7 Å². The van der Waals surface area contributed by atoms with E-state index < -0.39 is 0 Å². The van der Waals surface area contributed by atoms with Gasteiger partial charge in [-0.3, -0.25) is 4.79 Å². The number of fused-ring (bicyclic) bond motifs is 1. The van der Waals surface area contributed by atoms with Crippen LogP contribution in [0.25, 0.3) is 5.52 Å². The highest BCUT2D eigenvalue weighted by atomic mass is 16.5. The summed E-state index contributed by atoms with van der Waals surface area (Å²) in [6.07, 6.45) is 5.88. The molecular formula is C15H14N4O2. The second-order valence-corrected chi connectivity index (χ2v) is 5.27. The van der Waals surface area contributed by atoms with Crippen molar-refractivity contribution < 1.29 is 9.32 Å². The molecule has 1 amide bonds. The number of pyridine rings is 1. The average molecular weight is 282 g/mol. The summed E-state index contributed by atoms with van der Waals surface area (Å²) in [5.41, 5.74) is 2.29. The first-order valence-electron chi connectivity index (χ1n) is 6.97. The lowest BCUT2D eigenvalue weighted by Crippen LogP contribution is -2.22. The highest BCUT2D eigenvalue weighted by Crippen LogP contribution is 2.40. The third kappa shape index (κ3) is 2.29. The maximum absolute atomic E-state index is 12.1. The molecule has 0 saturated heterocycles. The first kappa shape index (κ1) is 12.1. The number of rotatable bonds is 4. The van der Waals surface area contributed by atoms with Crippen molar-refractivity contribution in [1.29, 1.82) is 0 Å². The highest BCUT2D eigenvalue weighted by Gasteiger charge is 2.28. The van der Waals surface area contributed by atoms with Crippen LogP contribution in [0.4, 0.5) is 0 Å². The van der Waals surface area contributed by atoms with Crippen molar-refractivity contribution in [2.75, 3.05) is 0 Å². The van der Waals surface area contributed by atoms with Gasteiger partial charge in [-0.2, -0.15) is 5.10 Å². The number of carbonyl (C=O) groups excluding carboxylic acids is 1. The van der Waals surface area contributed by atoms with Gasteiger partial charge in [-0.15, -0.1) is 0 Å². The zero-order chi connectivity index (χ0) is 14.2. The van der Waals surface area contributed by atoms with Gasteiger partial charge in [-0.25, -0.2) is 4.52 Å². The van der Waals surface area contributed by atoms with Crippen LogP contribution in [0.3, 0.4) is 0 Å². The first-order chi connectivity index (χ1) is 10.3. The number of nitrogens with one attached hydrogen (secondary N) is 1. The second kappa shape index (κ2) is 4.73. The van der Waals surface area contributed by atoms with Crippen LogP contribution in [-0.2, 0) is 6.54 Å². The summed E-state index contributed by atoms with van der Waals surface area (Å²) in [5, 5.41) is 10.9. The third-order valence-corrected chi connectivity index (χ3v) is 3.69. The summed E-state index contributed by atoms with van der Waals surface area (Å²) in [7, 11) is 0. The summed E-state index contributed by atoms with van der Waals surface area (Å²) >= 11 is 0. The molecule has 0 bridgehead atoms. The van der Waals surface area contributed by atoms with Crippen LogP contribution in [0.5, 0.6) is 0 Å². The van der Waals surface area contributed by atoms with E-state index in [0.29, 0.717) is 18.2 Å². The number of hydrogen-bond donors (Lipinski definition) is 1. The van der Waals surface area contributed by atoms with Gasteiger partial charge in [0.1, 0.15) is 5.76 Å². The molecule has 6 nitrogen and oxygen atoms in total. The molecule has 0 aliphatic heterocycles. The van der Waals surface area contributed by atoms with Crippen LogP contribution < -0.4 is 5.32 Å². The van der Waals surface area contributed by atoms with Crippen molar-refractivity contribution in [2.24, 2.45) is 0 Å². The number of aromatic nitrogens is 3. The fraction of sp³-hybridized carbons (Fsp3) is 0.267. The third-order valence-electron chi connectivity index (χ3n) is 3.69. The number of hydrogen-bond acceptors (Lipinski definition) is 4. The van der Waals surface area contributed by atoms with Gasteiger partial charge >= 0.3 is 0 Å². The molecule has 0 radical (unpaired) electrons. The smallest absolute Gasteiger partial charge is 0.273 e. The van der Waals surface area contributed by atoms with Gasteiger partial charge in [0.15, 0.2) is 5.69 Å². The zero-order valence-electron chi connectivity index (χ0n) is 11.3. The molecule has 1 fully saturated rings. The molecule has 4 rings (SSSR count). The second-order valence-electron chi connectivity index (χ2n) is 5.27. The number of nitrogens with zero attached hydrogens (tertiary/aromatic N) is 3. The average Bonchev–Trinajstić information content (AvgIpc) is 3.11. The standard InChI is InChI=1S/C15H14N4O2/c20-15(12-7-14(21-18-12)10-4-5-10)16-8-11-9-17-19-6-2-1-3-13(11)19/h1-3,6-7,9-10H,4-5,8H2,(H,16,20). The molecule has 6 heteroatoms. The van der Waals surface area contributed by atoms with E-state index in [1.54, 1.807) is 16.8 Å². The largest absolute Gasteiger partial charge is 0.360 e. The van der Waals surface area contributed by atoms with Gasteiger partial charge in [-0.1, -0.05) is 11.2 Å². The van der Waals surface area contributed by atoms with Crippen molar-refractivity contribution in [3.63, 3.8) is 0 Å². The Morgan fingerprint density at radius 3 is 3.19 bits per heavy atom. The summed E-state index contributed by atoms with van der Waals surface area (Å²) in [4.78, 5) is 12.1. The summed E-state index contributed by atoms with van der Waals surface area (Å²) in [6, 6.07) is 7.57. The molecule has 0 aromatic carbocycles. The summed E-state index contributed by atoms with van der Waals surface area (Å²) < 4.78 is 6.97. The van der Waals surface area contributed by atoms with E-state index in [4.69, 9.17) is 4.52 Å². The van der Waals surface area contributed by atoms with E-state index in [0.717, 1.165) is 29.7 Å². The minimum absolute atomic E-state index is 0.221. The quantitative estimate of drug-likeness (QED) is 0.795. The van der Waals surface area contributed by atoms with Crippen molar-refractivity contribution in [2.45, 2.75) is 25.3 Å². The molecule has 3 heterocycles. The molecule has 1 saturated carbocycles. The van der Waals surface area contributed by atoms with Crippen molar-refractivity contribution in [3.8, 4) is 0 Å². The molecule has 0 spiro atoms. The Kier molecular flexibility index (Phi) is 2.73. The summed E-state index contributed by atoms with van der Waals surface area (Å²) in [6.45, 7) is 0.415. The predicted molar refractivity (Wildman–Crippen MR) is 74.8 cm³/mol. The minimum atomic E-state index is -0.221. The van der Waals surface area contributed by atoms with Gasteiger partial charge in [0.2, 0.25) is 0 Å². The van der Waals surface area contributed by atoms with Crippen molar-refractivity contribution in [3.05, 3.63) is 53.7 Å². The molecule has 0 atom stereocenters. The van der Waals surface area contributed by atoms with Crippen LogP contribution >= 0.6 is 0 Å². The van der Waals surface area contributed by atoms with E-state index in [1.165, 1.54) is 0 Å². The molecule has 3 aromatic rings. The number of amides is 1. The Hall–Kier alpha value is -2.63. The lowest BCUT2D eigenvalue weighted by Gasteiger charge is -2.01. The van der Waals surface area contributed by atoms with Crippen LogP contribution in [0.15, 0.2) is 41.2 Å². The molecule has 3 aromatic heterocycles. The van der Waals surface area contributed by atoms with Gasteiger partial charge in [0, 0.05) is 30.3 Å². The minimum Gasteiger partial charge on any atom is -0.360 e. The topological polar surface area (TPSA) is 72.4 Å². The van der Waals surface area contributed by atoms with Crippen molar-refractivity contribution in [1.82, 2.24) is 20.1 Å². The fourth-order valence-corrected chi connectivity index (χ4v) is 2.35. The van der Waals surface area contributed by atoms with E-state index >= 15 is 0 Å². The highest BCUT2D eigenvalue weighted by molar-refractivity contribution is 5.92. The number of carbonyl (C=O) groups is 1. The van der Waals surface area contributed by atoms with Gasteiger partial charge in [0.25, 0.3) is 5.91 Å². The Bertz CT molecular complexity index is 801. The SMILES string of the molecule is O=C(NCc1cnn2ccccc12)c1cc(C2CC2)on1. The predicted octanol–water partition coefficient (Wildman–Crippen LogP) is 2.13. The van der Waals surface area contributed by atoms with Crippen LogP contribution in [0.2, 0.25) is 0 Å². The van der Waals surface area contributed by atoms with Crippen molar-refractivity contribution >= 4 is 11.4 Å². The van der Waals surface area contributed by atoms with Crippen LogP contribution in [0, 0.1) is 0 Å². The van der Waals surface area contributed by atoms with Gasteiger partial charge in [-0.05, 0) is 25.0 Å². The monoisotopic (exact) mass is 282 g/mol. The van der Waals surface area contributed by atoms with E-state index in [1.807, 2.05) is 24.4 Å². The normalized spacial score (nSPS) is 14.5. The zero-order valence-corrected chi connectivity index (χ0v) is 11.3. The van der Waals surface area contributed by atoms with Gasteiger partial charge < -0.3 is 9.84 Å². The molecule has 1 N–H and O–H groups in total.